The normalized spacial score (nSPS) is 11.7. The lowest BCUT2D eigenvalue weighted by Gasteiger charge is -2.02. The molecule has 0 radical (unpaired) electrons. The summed E-state index contributed by atoms with van der Waals surface area (Å²) >= 11 is 5.50. The van der Waals surface area contributed by atoms with Crippen LogP contribution in [0.2, 0.25) is 5.02 Å². The van der Waals surface area contributed by atoms with Gasteiger partial charge in [-0.3, -0.25) is 4.79 Å². The zero-order valence-electron chi connectivity index (χ0n) is 9.66. The van der Waals surface area contributed by atoms with E-state index in [0.717, 1.165) is 16.9 Å². The number of alkyl halides is 3. The lowest BCUT2D eigenvalue weighted by Crippen LogP contribution is -2.23. The molecule has 9 heteroatoms. The molecule has 0 unspecified atom stereocenters. The molecule has 1 aromatic heterocycles. The van der Waals surface area contributed by atoms with Crippen LogP contribution in [-0.4, -0.2) is 27.0 Å². The third-order valence-corrected chi connectivity index (χ3v) is 2.66. The zero-order chi connectivity index (χ0) is 14.9. The summed E-state index contributed by atoms with van der Waals surface area (Å²) in [7, 11) is 0. The Kier molecular flexibility index (Phi) is 3.76. The summed E-state index contributed by atoms with van der Waals surface area (Å²) in [6, 6.07) is 3.92. The van der Waals surface area contributed by atoms with Crippen molar-refractivity contribution in [2.45, 2.75) is 12.7 Å². The molecule has 2 rings (SSSR count). The van der Waals surface area contributed by atoms with Crippen molar-refractivity contribution in [3.63, 3.8) is 0 Å². The molecule has 1 aromatic carbocycles. The lowest BCUT2D eigenvalue weighted by atomic mass is 10.2. The van der Waals surface area contributed by atoms with Gasteiger partial charge in [0.25, 0.3) is 5.78 Å². The van der Waals surface area contributed by atoms with Crippen LogP contribution in [0.1, 0.15) is 16.1 Å². The fraction of sp³-hybridized carbons (Fsp3) is 0.182. The Balaban J connectivity index is 2.17. The van der Waals surface area contributed by atoms with Gasteiger partial charge in [-0.15, -0.1) is 5.10 Å². The van der Waals surface area contributed by atoms with Crippen LogP contribution in [0.4, 0.5) is 17.6 Å². The van der Waals surface area contributed by atoms with Crippen molar-refractivity contribution in [3.8, 4) is 0 Å². The highest BCUT2D eigenvalue weighted by molar-refractivity contribution is 6.30. The summed E-state index contributed by atoms with van der Waals surface area (Å²) in [6.07, 6.45) is -4.16. The average Bonchev–Trinajstić information content (AvgIpc) is 2.80. The van der Waals surface area contributed by atoms with Gasteiger partial charge in [-0.2, -0.15) is 13.2 Å². The number of hydrogen-bond acceptors (Lipinski definition) is 3. The number of ketones is 1. The van der Waals surface area contributed by atoms with Crippen molar-refractivity contribution in [2.75, 3.05) is 0 Å². The highest BCUT2D eigenvalue weighted by atomic mass is 35.5. The molecule has 4 nitrogen and oxygen atoms in total. The zero-order valence-corrected chi connectivity index (χ0v) is 10.4. The van der Waals surface area contributed by atoms with Crippen molar-refractivity contribution in [2.24, 2.45) is 0 Å². The first kappa shape index (κ1) is 14.4. The molecule has 0 bridgehead atoms. The van der Waals surface area contributed by atoms with E-state index in [2.05, 4.69) is 10.3 Å². The topological polar surface area (TPSA) is 47.8 Å². The van der Waals surface area contributed by atoms with Gasteiger partial charge in [0.1, 0.15) is 5.82 Å². The van der Waals surface area contributed by atoms with Crippen LogP contribution in [-0.2, 0) is 6.54 Å². The van der Waals surface area contributed by atoms with Gasteiger partial charge in [-0.25, -0.2) is 9.07 Å². The minimum absolute atomic E-state index is 0.0355. The fourth-order valence-electron chi connectivity index (χ4n) is 1.45. The number of rotatable bonds is 3. The van der Waals surface area contributed by atoms with Gasteiger partial charge < -0.3 is 0 Å². The molecule has 0 aliphatic heterocycles. The second-order valence-corrected chi connectivity index (χ2v) is 4.28. The van der Waals surface area contributed by atoms with Gasteiger partial charge in [0.15, 0.2) is 5.69 Å². The second-order valence-electron chi connectivity index (χ2n) is 3.88. The van der Waals surface area contributed by atoms with E-state index >= 15 is 0 Å². The number of carbonyl (C=O) groups excluding carboxylic acids is 1. The fourth-order valence-corrected chi connectivity index (χ4v) is 1.57. The maximum absolute atomic E-state index is 13.2. The molecule has 0 atom stereocenters. The molecule has 0 aliphatic rings. The monoisotopic (exact) mass is 307 g/mol. The van der Waals surface area contributed by atoms with E-state index in [9.17, 15) is 22.4 Å². The highest BCUT2D eigenvalue weighted by Gasteiger charge is 2.41. The van der Waals surface area contributed by atoms with Gasteiger partial charge in [-0.1, -0.05) is 22.9 Å². The first-order chi connectivity index (χ1) is 9.27. The number of carbonyl (C=O) groups is 1. The maximum Gasteiger partial charge on any atom is 0.456 e. The van der Waals surface area contributed by atoms with Crippen LogP contribution in [0, 0.1) is 5.82 Å². The molecule has 106 valence electrons. The molecule has 0 saturated heterocycles. The third kappa shape index (κ3) is 3.13. The first-order valence-corrected chi connectivity index (χ1v) is 5.61. The Bertz CT molecular complexity index is 653. The molecular weight excluding hydrogens is 302 g/mol. The van der Waals surface area contributed by atoms with E-state index in [1.54, 1.807) is 0 Å². The van der Waals surface area contributed by atoms with Crippen molar-refractivity contribution < 1.29 is 22.4 Å². The average molecular weight is 308 g/mol. The number of nitrogens with zero attached hydrogens (tertiary/aromatic N) is 3. The summed E-state index contributed by atoms with van der Waals surface area (Å²) in [5.41, 5.74) is -0.394. The van der Waals surface area contributed by atoms with Crippen molar-refractivity contribution in [1.82, 2.24) is 15.0 Å². The van der Waals surface area contributed by atoms with Crippen LogP contribution >= 0.6 is 11.6 Å². The number of hydrogen-bond donors (Lipinski definition) is 0. The van der Waals surface area contributed by atoms with E-state index in [0.29, 0.717) is 5.56 Å². The second kappa shape index (κ2) is 5.20. The number of benzene rings is 1. The van der Waals surface area contributed by atoms with Gasteiger partial charge in [0.05, 0.1) is 17.8 Å². The smallest absolute Gasteiger partial charge is 0.282 e. The number of Topliss-reactive ketones (excluding diaryl/α,β-unsaturated/α-hetero) is 1. The number of aromatic nitrogens is 3. The largest absolute Gasteiger partial charge is 0.456 e. The molecular formula is C11H6ClF4N3O. The molecule has 2 aromatic rings. The minimum atomic E-state index is -5.01. The SMILES string of the molecule is O=C(c1cn(Cc2ccc(Cl)c(F)c2)nn1)C(F)(F)F. The third-order valence-electron chi connectivity index (χ3n) is 2.36. The van der Waals surface area contributed by atoms with E-state index < -0.39 is 23.5 Å². The van der Waals surface area contributed by atoms with Gasteiger partial charge in [0, 0.05) is 0 Å². The van der Waals surface area contributed by atoms with E-state index in [1.165, 1.54) is 12.1 Å². The van der Waals surface area contributed by atoms with E-state index in [-0.39, 0.29) is 11.6 Å². The van der Waals surface area contributed by atoms with E-state index in [1.807, 2.05) is 0 Å². The Morgan fingerprint density at radius 3 is 2.65 bits per heavy atom. The van der Waals surface area contributed by atoms with E-state index in [4.69, 9.17) is 11.6 Å². The van der Waals surface area contributed by atoms with Gasteiger partial charge in [-0.05, 0) is 17.7 Å². The predicted molar refractivity (Wildman–Crippen MR) is 60.9 cm³/mol. The number of halogens is 5. The quantitative estimate of drug-likeness (QED) is 0.647. The highest BCUT2D eigenvalue weighted by Crippen LogP contribution is 2.20. The molecule has 1 heterocycles. The Morgan fingerprint density at radius 1 is 1.35 bits per heavy atom. The van der Waals surface area contributed by atoms with Crippen molar-refractivity contribution in [3.05, 3.63) is 46.5 Å². The van der Waals surface area contributed by atoms with Crippen LogP contribution in [0.15, 0.2) is 24.4 Å². The summed E-state index contributed by atoms with van der Waals surface area (Å²) in [5.74, 6) is -2.73. The van der Waals surface area contributed by atoms with Gasteiger partial charge in [0.2, 0.25) is 0 Å². The molecule has 0 fully saturated rings. The molecule has 0 aliphatic carbocycles. The van der Waals surface area contributed by atoms with Crippen LogP contribution in [0.25, 0.3) is 0 Å². The molecule has 0 N–H and O–H groups in total. The first-order valence-electron chi connectivity index (χ1n) is 5.23. The summed E-state index contributed by atoms with van der Waals surface area (Å²) < 4.78 is 50.7. The standard InChI is InChI=1S/C11H6ClF4N3O/c12-7-2-1-6(3-8(7)13)4-19-5-9(17-18-19)10(20)11(14,15)16/h1-3,5H,4H2. The van der Waals surface area contributed by atoms with Gasteiger partial charge >= 0.3 is 6.18 Å². The maximum atomic E-state index is 13.2. The van der Waals surface area contributed by atoms with Crippen molar-refractivity contribution in [1.29, 1.82) is 0 Å². The Labute approximate surface area is 115 Å². The molecule has 0 amide bonds. The molecule has 0 saturated carbocycles. The summed E-state index contributed by atoms with van der Waals surface area (Å²) in [6.45, 7) is -0.0355. The van der Waals surface area contributed by atoms with Crippen LogP contribution in [0.3, 0.4) is 0 Å². The summed E-state index contributed by atoms with van der Waals surface area (Å²) in [4.78, 5) is 10.9. The Morgan fingerprint density at radius 2 is 2.05 bits per heavy atom. The molecule has 20 heavy (non-hydrogen) atoms. The Hall–Kier alpha value is -1.96. The summed E-state index contributed by atoms with van der Waals surface area (Å²) in [5, 5.41) is 6.46. The lowest BCUT2D eigenvalue weighted by molar-refractivity contribution is -0.0888. The van der Waals surface area contributed by atoms with Crippen molar-refractivity contribution >= 4 is 17.4 Å². The molecule has 0 spiro atoms. The van der Waals surface area contributed by atoms with Crippen LogP contribution in [0.5, 0.6) is 0 Å². The van der Waals surface area contributed by atoms with Crippen LogP contribution < -0.4 is 0 Å². The predicted octanol–water partition coefficient (Wildman–Crippen LogP) is 2.86. The minimum Gasteiger partial charge on any atom is -0.282 e.